The Morgan fingerprint density at radius 3 is 1.12 bits per heavy atom. The summed E-state index contributed by atoms with van der Waals surface area (Å²) in [5, 5.41) is 0. The Kier molecular flexibility index (Phi) is 42.6. The minimum absolute atomic E-state index is 0.132. The number of carbonyl (C=O) groups is 3. The lowest BCUT2D eigenvalue weighted by atomic mass is 10.1. The minimum atomic E-state index is -0.837. The number of carbonyl (C=O) groups excluding carboxylic acids is 3. The van der Waals surface area contributed by atoms with Crippen molar-refractivity contribution in [2.75, 3.05) is 13.2 Å². The molecule has 1 unspecified atom stereocenters. The van der Waals surface area contributed by atoms with Crippen LogP contribution in [0, 0.1) is 0 Å². The van der Waals surface area contributed by atoms with Crippen molar-refractivity contribution in [3.8, 4) is 0 Å². The lowest BCUT2D eigenvalue weighted by Gasteiger charge is -2.18. The first kappa shape index (κ1) is 53.6. The monoisotopic (exact) mass is 793 g/mol. The van der Waals surface area contributed by atoms with Crippen molar-refractivity contribution >= 4 is 17.9 Å². The Balaban J connectivity index is 4.55. The molecule has 1 atom stereocenters. The fourth-order valence-electron chi connectivity index (χ4n) is 5.84. The Morgan fingerprint density at radius 2 is 0.667 bits per heavy atom. The summed E-state index contributed by atoms with van der Waals surface area (Å²) in [7, 11) is 0. The van der Waals surface area contributed by atoms with E-state index in [1.807, 2.05) is 6.08 Å². The number of rotatable bonds is 40. The van der Waals surface area contributed by atoms with Crippen molar-refractivity contribution in [2.24, 2.45) is 0 Å². The molecule has 0 saturated heterocycles. The summed E-state index contributed by atoms with van der Waals surface area (Å²) in [5.41, 5.74) is 0. The highest BCUT2D eigenvalue weighted by atomic mass is 16.6. The second-order valence-corrected chi connectivity index (χ2v) is 14.9. The Morgan fingerprint density at radius 1 is 0.351 bits per heavy atom. The van der Waals surface area contributed by atoms with Crippen molar-refractivity contribution in [1.82, 2.24) is 0 Å². The summed E-state index contributed by atoms with van der Waals surface area (Å²) in [6.07, 6.45) is 57.4. The molecular formula is C51H84O6. The van der Waals surface area contributed by atoms with Gasteiger partial charge in [0.2, 0.25) is 0 Å². The topological polar surface area (TPSA) is 78.9 Å². The Bertz CT molecular complexity index is 1140. The van der Waals surface area contributed by atoms with E-state index in [4.69, 9.17) is 14.2 Å². The maximum absolute atomic E-state index is 12.7. The molecule has 57 heavy (non-hydrogen) atoms. The van der Waals surface area contributed by atoms with Crippen LogP contribution >= 0.6 is 0 Å². The second-order valence-electron chi connectivity index (χ2n) is 14.9. The molecule has 0 aromatic carbocycles. The van der Waals surface area contributed by atoms with Crippen LogP contribution in [0.25, 0.3) is 0 Å². The van der Waals surface area contributed by atoms with Gasteiger partial charge in [-0.15, -0.1) is 0 Å². The molecular weight excluding hydrogens is 709 g/mol. The van der Waals surface area contributed by atoms with Gasteiger partial charge in [0.1, 0.15) is 13.2 Å². The van der Waals surface area contributed by atoms with Gasteiger partial charge in [-0.2, -0.15) is 0 Å². The Labute approximate surface area is 350 Å². The molecule has 0 N–H and O–H groups in total. The number of hydrogen-bond donors (Lipinski definition) is 0. The maximum Gasteiger partial charge on any atom is 0.306 e. The van der Waals surface area contributed by atoms with Crippen LogP contribution in [0.4, 0.5) is 0 Å². The van der Waals surface area contributed by atoms with Crippen LogP contribution in [-0.4, -0.2) is 37.2 Å². The molecule has 0 fully saturated rings. The zero-order valence-corrected chi connectivity index (χ0v) is 36.8. The van der Waals surface area contributed by atoms with Crippen LogP contribution in [0.2, 0.25) is 0 Å². The summed E-state index contributed by atoms with van der Waals surface area (Å²) < 4.78 is 16.5. The second kappa shape index (κ2) is 45.3. The normalized spacial score (nSPS) is 12.8. The first-order valence-corrected chi connectivity index (χ1v) is 23.1. The van der Waals surface area contributed by atoms with Gasteiger partial charge in [-0.1, -0.05) is 170 Å². The third kappa shape index (κ3) is 43.6. The number of hydrogen-bond acceptors (Lipinski definition) is 6. The molecule has 0 radical (unpaired) electrons. The van der Waals surface area contributed by atoms with Crippen LogP contribution in [0.3, 0.4) is 0 Å². The summed E-state index contributed by atoms with van der Waals surface area (Å²) in [4.78, 5) is 37.6. The highest BCUT2D eigenvalue weighted by Gasteiger charge is 2.19. The standard InChI is InChI=1S/C51H84O6/c1-4-7-10-13-16-19-21-23-24-25-26-28-29-32-35-38-41-44-50(53)56-47-48(46-55-49(52)43-40-37-34-31-18-15-12-9-6-3)57-51(54)45-42-39-36-33-30-27-22-20-17-14-11-8-5-2/h16,19,23-24,26-28,30-32,34-36,39,48H,4-15,17-18,20-22,25,29,33,37-38,40-47H2,1-3H3/b19-16-,24-23-,28-26-,30-27-,34-31-,35-32-,39-36-. The van der Waals surface area contributed by atoms with Crippen LogP contribution in [0.15, 0.2) is 85.1 Å². The fraction of sp³-hybridized carbons (Fsp3) is 0.667. The largest absolute Gasteiger partial charge is 0.462 e. The molecule has 0 amide bonds. The SMILES string of the molecule is CCCCC/C=C\C/C=C\C/C=C\C/C=C\CCCC(=O)OCC(COC(=O)CCC/C=C\CCCCCC)OC(=O)CC/C=C\C/C=C\CCCCCCCC. The predicted molar refractivity (Wildman–Crippen MR) is 242 cm³/mol. The van der Waals surface area contributed by atoms with E-state index in [1.165, 1.54) is 89.9 Å². The van der Waals surface area contributed by atoms with Gasteiger partial charge in [0.15, 0.2) is 6.10 Å². The van der Waals surface area contributed by atoms with E-state index in [1.54, 1.807) is 0 Å². The van der Waals surface area contributed by atoms with E-state index in [0.29, 0.717) is 19.3 Å². The van der Waals surface area contributed by atoms with Crippen molar-refractivity contribution in [1.29, 1.82) is 0 Å². The van der Waals surface area contributed by atoms with Gasteiger partial charge in [0.05, 0.1) is 0 Å². The summed E-state index contributed by atoms with van der Waals surface area (Å²) in [6, 6.07) is 0. The van der Waals surface area contributed by atoms with Crippen molar-refractivity contribution in [3.63, 3.8) is 0 Å². The molecule has 6 nitrogen and oxygen atoms in total. The quantitative estimate of drug-likeness (QED) is 0.0266. The van der Waals surface area contributed by atoms with E-state index < -0.39 is 12.1 Å². The molecule has 0 rings (SSSR count). The molecule has 0 aliphatic heterocycles. The molecule has 0 heterocycles. The zero-order chi connectivity index (χ0) is 41.5. The average molecular weight is 793 g/mol. The van der Waals surface area contributed by atoms with Gasteiger partial charge in [-0.25, -0.2) is 0 Å². The fourth-order valence-corrected chi connectivity index (χ4v) is 5.84. The van der Waals surface area contributed by atoms with E-state index in [0.717, 1.165) is 51.4 Å². The summed E-state index contributed by atoms with van der Waals surface area (Å²) in [6.45, 7) is 6.41. The third-order valence-corrected chi connectivity index (χ3v) is 9.36. The van der Waals surface area contributed by atoms with Gasteiger partial charge in [-0.3, -0.25) is 14.4 Å². The highest BCUT2D eigenvalue weighted by Crippen LogP contribution is 2.10. The molecule has 0 aliphatic rings. The number of esters is 3. The van der Waals surface area contributed by atoms with E-state index in [9.17, 15) is 14.4 Å². The first-order chi connectivity index (χ1) is 28.0. The average Bonchev–Trinajstić information content (AvgIpc) is 3.21. The Hall–Kier alpha value is -3.41. The van der Waals surface area contributed by atoms with Gasteiger partial charge >= 0.3 is 17.9 Å². The molecule has 0 bridgehead atoms. The van der Waals surface area contributed by atoms with E-state index >= 15 is 0 Å². The number of allylic oxidation sites excluding steroid dienone is 14. The molecule has 324 valence electrons. The molecule has 0 aromatic heterocycles. The molecule has 0 saturated carbocycles. The summed E-state index contributed by atoms with van der Waals surface area (Å²) in [5.74, 6) is -1.10. The maximum atomic E-state index is 12.7. The van der Waals surface area contributed by atoms with Crippen LogP contribution in [0.5, 0.6) is 0 Å². The van der Waals surface area contributed by atoms with E-state index in [2.05, 4.69) is 99.8 Å². The van der Waals surface area contributed by atoms with Crippen LogP contribution in [0.1, 0.15) is 201 Å². The summed E-state index contributed by atoms with van der Waals surface area (Å²) >= 11 is 0. The third-order valence-electron chi connectivity index (χ3n) is 9.36. The van der Waals surface area contributed by atoms with Gasteiger partial charge in [0.25, 0.3) is 0 Å². The van der Waals surface area contributed by atoms with Gasteiger partial charge in [0, 0.05) is 19.3 Å². The van der Waals surface area contributed by atoms with Crippen LogP contribution < -0.4 is 0 Å². The van der Waals surface area contributed by atoms with Crippen LogP contribution in [-0.2, 0) is 28.6 Å². The van der Waals surface area contributed by atoms with Gasteiger partial charge in [-0.05, 0) is 96.3 Å². The lowest BCUT2D eigenvalue weighted by molar-refractivity contribution is -0.166. The number of unbranched alkanes of at least 4 members (excludes halogenated alkanes) is 15. The highest BCUT2D eigenvalue weighted by molar-refractivity contribution is 5.71. The van der Waals surface area contributed by atoms with E-state index in [-0.39, 0.29) is 44.4 Å². The minimum Gasteiger partial charge on any atom is -0.462 e. The number of ether oxygens (including phenoxy) is 3. The van der Waals surface area contributed by atoms with Crippen molar-refractivity contribution < 1.29 is 28.6 Å². The van der Waals surface area contributed by atoms with Gasteiger partial charge < -0.3 is 14.2 Å². The molecule has 6 heteroatoms. The van der Waals surface area contributed by atoms with Crippen molar-refractivity contribution in [3.05, 3.63) is 85.1 Å². The molecule has 0 spiro atoms. The smallest absolute Gasteiger partial charge is 0.306 e. The lowest BCUT2D eigenvalue weighted by Crippen LogP contribution is -2.30. The zero-order valence-electron chi connectivity index (χ0n) is 36.8. The van der Waals surface area contributed by atoms with Crippen molar-refractivity contribution in [2.45, 2.75) is 207 Å². The molecule has 0 aromatic rings. The molecule has 0 aliphatic carbocycles. The predicted octanol–water partition coefficient (Wildman–Crippen LogP) is 14.9. The first-order valence-electron chi connectivity index (χ1n) is 23.1.